The summed E-state index contributed by atoms with van der Waals surface area (Å²) in [5, 5.41) is 2.14. The molecule has 2 fully saturated rings. The Balaban J connectivity index is 1.75. The molecule has 136 valence electrons. The summed E-state index contributed by atoms with van der Waals surface area (Å²) >= 11 is 0. The van der Waals surface area contributed by atoms with Gasteiger partial charge in [-0.3, -0.25) is 0 Å². The van der Waals surface area contributed by atoms with Crippen molar-refractivity contribution in [1.82, 2.24) is 0 Å². The van der Waals surface area contributed by atoms with Crippen LogP contribution in [0.25, 0.3) is 0 Å². The van der Waals surface area contributed by atoms with Gasteiger partial charge < -0.3 is 19.2 Å². The first-order valence-corrected chi connectivity index (χ1v) is 9.46. The summed E-state index contributed by atoms with van der Waals surface area (Å²) in [5.74, 6) is 0. The molecular formula is C22H22BNO3. The molecular weight excluding hydrogens is 337 g/mol. The van der Waals surface area contributed by atoms with Crippen LogP contribution >= 0.6 is 0 Å². The molecule has 5 rings (SSSR count). The van der Waals surface area contributed by atoms with Crippen molar-refractivity contribution in [3.63, 3.8) is 0 Å². The van der Waals surface area contributed by atoms with Crippen molar-refractivity contribution in [3.05, 3.63) is 108 Å². The quantitative estimate of drug-likeness (QED) is 0.732. The lowest BCUT2D eigenvalue weighted by Crippen LogP contribution is -2.99. The Morgan fingerprint density at radius 1 is 0.704 bits per heavy atom. The third-order valence-corrected chi connectivity index (χ3v) is 5.56. The smallest absolute Gasteiger partial charge is 0.484 e. The first-order chi connectivity index (χ1) is 13.3. The van der Waals surface area contributed by atoms with Crippen molar-refractivity contribution < 1.29 is 19.2 Å². The van der Waals surface area contributed by atoms with E-state index in [1.165, 1.54) is 5.56 Å². The van der Waals surface area contributed by atoms with Gasteiger partial charge in [0.05, 0.1) is 0 Å². The van der Waals surface area contributed by atoms with Crippen LogP contribution in [0.1, 0.15) is 22.7 Å². The average Bonchev–Trinajstić information content (AvgIpc) is 3.35. The summed E-state index contributed by atoms with van der Waals surface area (Å²) < 4.78 is 18.8. The highest BCUT2D eigenvalue weighted by Gasteiger charge is 2.62. The van der Waals surface area contributed by atoms with Gasteiger partial charge in [0.25, 0.3) is 0 Å². The normalized spacial score (nSPS) is 22.9. The molecule has 1 spiro atoms. The second kappa shape index (κ2) is 6.62. The lowest BCUT2D eigenvalue weighted by Gasteiger charge is -2.37. The number of quaternary nitrogens is 1. The monoisotopic (exact) mass is 359 g/mol. The Bertz CT molecular complexity index is 859. The van der Waals surface area contributed by atoms with E-state index in [1.54, 1.807) is 0 Å². The number of hydrogen-bond donors (Lipinski definition) is 1. The summed E-state index contributed by atoms with van der Waals surface area (Å²) in [4.78, 5) is 0. The van der Waals surface area contributed by atoms with Gasteiger partial charge in [-0.05, 0) is 11.1 Å². The third kappa shape index (κ3) is 2.71. The number of rotatable bonds is 3. The van der Waals surface area contributed by atoms with Gasteiger partial charge in [-0.25, -0.2) is 0 Å². The van der Waals surface area contributed by atoms with Crippen LogP contribution in [0.3, 0.4) is 0 Å². The maximum atomic E-state index is 6.80. The summed E-state index contributed by atoms with van der Waals surface area (Å²) in [5.41, 5.74) is 2.68. The van der Waals surface area contributed by atoms with E-state index in [0.717, 1.165) is 11.1 Å². The highest BCUT2D eigenvalue weighted by atomic mass is 16.8. The van der Waals surface area contributed by atoms with Crippen LogP contribution in [0.2, 0.25) is 0 Å². The summed E-state index contributed by atoms with van der Waals surface area (Å²) in [6.07, 6.45) is 0. The zero-order valence-electron chi connectivity index (χ0n) is 15.0. The third-order valence-electron chi connectivity index (χ3n) is 5.56. The highest BCUT2D eigenvalue weighted by molar-refractivity contribution is 6.52. The fraction of sp³-hybridized carbons (Fsp3) is 0.182. The van der Waals surface area contributed by atoms with Crippen molar-refractivity contribution in [2.45, 2.75) is 11.6 Å². The van der Waals surface area contributed by atoms with Crippen LogP contribution in [0.5, 0.6) is 0 Å². The molecule has 2 aliphatic rings. The number of hydrogen-bond acceptors (Lipinski definition) is 3. The molecule has 27 heavy (non-hydrogen) atoms. The van der Waals surface area contributed by atoms with E-state index in [1.807, 2.05) is 18.2 Å². The molecule has 0 saturated carbocycles. The molecule has 1 atom stereocenters. The molecule has 0 aliphatic carbocycles. The minimum Gasteiger partial charge on any atom is -0.484 e. The lowest BCUT2D eigenvalue weighted by molar-refractivity contribution is -0.597. The lowest BCUT2D eigenvalue weighted by atomic mass is 9.78. The second-order valence-electron chi connectivity index (χ2n) is 7.10. The van der Waals surface area contributed by atoms with E-state index in [-0.39, 0.29) is 6.04 Å². The van der Waals surface area contributed by atoms with E-state index in [9.17, 15) is 0 Å². The first-order valence-electron chi connectivity index (χ1n) is 9.46. The standard InChI is InChI=1S/C22H22BNO3/c1-4-10-18(11-5-1)21-22(19-12-6-2-7-13-19,20-14-8-3-9-15-20)27-23(24-21)25-16-17-26-23/h1-15,21H,16-17,24H2/t21-/m0/s1. The number of nitrogens with two attached hydrogens (primary N) is 1. The van der Waals surface area contributed by atoms with Crippen LogP contribution in [0.4, 0.5) is 0 Å². The van der Waals surface area contributed by atoms with Crippen LogP contribution in [-0.4, -0.2) is 20.1 Å². The van der Waals surface area contributed by atoms with E-state index in [4.69, 9.17) is 14.0 Å². The SMILES string of the molecule is c1ccc([C@@H]2[NH2+][B-]3(OCCO3)OC2(c2ccccc2)c2ccccc2)cc1. The summed E-state index contributed by atoms with van der Waals surface area (Å²) in [7, 11) is 0. The maximum absolute atomic E-state index is 6.80. The topological polar surface area (TPSA) is 44.3 Å². The molecule has 3 aromatic carbocycles. The predicted octanol–water partition coefficient (Wildman–Crippen LogP) is 2.75. The molecule has 0 bridgehead atoms. The molecule has 0 amide bonds. The average molecular weight is 359 g/mol. The molecule has 2 aliphatic heterocycles. The van der Waals surface area contributed by atoms with E-state index < -0.39 is 12.5 Å². The van der Waals surface area contributed by atoms with Crippen molar-refractivity contribution in [3.8, 4) is 0 Å². The van der Waals surface area contributed by atoms with Gasteiger partial charge in [0.15, 0.2) is 0 Å². The fourth-order valence-corrected chi connectivity index (χ4v) is 4.43. The van der Waals surface area contributed by atoms with Gasteiger partial charge in [-0.1, -0.05) is 91.0 Å². The Morgan fingerprint density at radius 3 is 1.70 bits per heavy atom. The van der Waals surface area contributed by atoms with Gasteiger partial charge in [-0.2, -0.15) is 0 Å². The Labute approximate surface area is 159 Å². The summed E-state index contributed by atoms with van der Waals surface area (Å²) in [6.45, 7) is -0.787. The molecule has 5 heteroatoms. The molecule has 3 aromatic rings. The first kappa shape index (κ1) is 16.7. The van der Waals surface area contributed by atoms with Crippen molar-refractivity contribution in [2.24, 2.45) is 0 Å². The van der Waals surface area contributed by atoms with Crippen LogP contribution in [0, 0.1) is 0 Å². The van der Waals surface area contributed by atoms with Crippen LogP contribution < -0.4 is 5.23 Å². The van der Waals surface area contributed by atoms with Crippen molar-refractivity contribution >= 4 is 6.89 Å². The molecule has 2 N–H and O–H groups in total. The Hall–Kier alpha value is -2.44. The van der Waals surface area contributed by atoms with Gasteiger partial charge in [0.2, 0.25) is 0 Å². The van der Waals surface area contributed by atoms with E-state index >= 15 is 0 Å². The number of benzene rings is 3. The minimum absolute atomic E-state index is 0.0263. The zero-order valence-corrected chi connectivity index (χ0v) is 15.0. The summed E-state index contributed by atoms with van der Waals surface area (Å²) in [6, 6.07) is 31.2. The zero-order chi connectivity index (χ0) is 18.2. The van der Waals surface area contributed by atoms with E-state index in [0.29, 0.717) is 13.2 Å². The predicted molar refractivity (Wildman–Crippen MR) is 104 cm³/mol. The molecule has 2 heterocycles. The fourth-order valence-electron chi connectivity index (χ4n) is 4.43. The molecule has 0 unspecified atom stereocenters. The maximum Gasteiger partial charge on any atom is 0.623 e. The van der Waals surface area contributed by atoms with Gasteiger partial charge in [0, 0.05) is 18.8 Å². The highest BCUT2D eigenvalue weighted by Crippen LogP contribution is 2.47. The molecule has 0 aromatic heterocycles. The molecule has 0 radical (unpaired) electrons. The minimum atomic E-state index is -1.89. The Kier molecular flexibility index (Phi) is 4.10. The van der Waals surface area contributed by atoms with Gasteiger partial charge in [0.1, 0.15) is 11.6 Å². The van der Waals surface area contributed by atoms with Crippen LogP contribution in [0.15, 0.2) is 91.0 Å². The van der Waals surface area contributed by atoms with E-state index in [2.05, 4.69) is 78.0 Å². The Morgan fingerprint density at radius 2 is 1.19 bits per heavy atom. The molecule has 4 nitrogen and oxygen atoms in total. The van der Waals surface area contributed by atoms with Crippen molar-refractivity contribution in [1.29, 1.82) is 0 Å². The second-order valence-corrected chi connectivity index (χ2v) is 7.10. The van der Waals surface area contributed by atoms with Gasteiger partial charge >= 0.3 is 6.89 Å². The van der Waals surface area contributed by atoms with Crippen molar-refractivity contribution in [2.75, 3.05) is 13.2 Å². The van der Waals surface area contributed by atoms with Gasteiger partial charge in [-0.15, -0.1) is 0 Å². The molecule has 2 saturated heterocycles. The largest absolute Gasteiger partial charge is 0.623 e. The van der Waals surface area contributed by atoms with Crippen LogP contribution in [-0.2, 0) is 19.6 Å².